The van der Waals surface area contributed by atoms with Crippen LogP contribution in [0.4, 0.5) is 0 Å². The molecule has 4 heteroatoms. The zero-order valence-electron chi connectivity index (χ0n) is 12.2. The molecule has 2 aromatic carbocycles. The van der Waals surface area contributed by atoms with Crippen LogP contribution < -0.4 is 11.1 Å². The Hall–Kier alpha value is -1.84. The predicted octanol–water partition coefficient (Wildman–Crippen LogP) is 3.60. The second kappa shape index (κ2) is 6.74. The average molecular weight is 303 g/mol. The van der Waals surface area contributed by atoms with Gasteiger partial charge in [0, 0.05) is 23.2 Å². The first-order valence-electron chi connectivity index (χ1n) is 6.85. The summed E-state index contributed by atoms with van der Waals surface area (Å²) in [6.07, 6.45) is 0. The molecule has 0 aliphatic carbocycles. The third kappa shape index (κ3) is 4.06. The summed E-state index contributed by atoms with van der Waals surface area (Å²) in [5.41, 5.74) is 9.07. The lowest BCUT2D eigenvalue weighted by Crippen LogP contribution is -2.18. The number of primary amides is 1. The monoisotopic (exact) mass is 302 g/mol. The SMILES string of the molecule is Cc1ccc(C(C)NCc2ccc(C(N)=O)cc2Cl)cc1. The number of benzene rings is 2. The number of carbonyl (C=O) groups excluding carboxylic acids is 1. The van der Waals surface area contributed by atoms with Crippen LogP contribution >= 0.6 is 11.6 Å². The van der Waals surface area contributed by atoms with E-state index in [1.165, 1.54) is 11.1 Å². The van der Waals surface area contributed by atoms with Gasteiger partial charge in [-0.15, -0.1) is 0 Å². The molecule has 3 nitrogen and oxygen atoms in total. The zero-order valence-corrected chi connectivity index (χ0v) is 12.9. The number of rotatable bonds is 5. The molecule has 0 bridgehead atoms. The van der Waals surface area contributed by atoms with Crippen LogP contribution in [0.25, 0.3) is 0 Å². The zero-order chi connectivity index (χ0) is 15.4. The molecule has 2 rings (SSSR count). The summed E-state index contributed by atoms with van der Waals surface area (Å²) in [6, 6.07) is 13.8. The van der Waals surface area contributed by atoms with Crippen molar-refractivity contribution in [2.24, 2.45) is 5.73 Å². The van der Waals surface area contributed by atoms with Crippen molar-refractivity contribution in [2.45, 2.75) is 26.4 Å². The topological polar surface area (TPSA) is 55.1 Å². The number of carbonyl (C=O) groups is 1. The van der Waals surface area contributed by atoms with Gasteiger partial charge in [-0.3, -0.25) is 4.79 Å². The predicted molar refractivity (Wildman–Crippen MR) is 86.4 cm³/mol. The quantitative estimate of drug-likeness (QED) is 0.886. The molecule has 0 saturated heterocycles. The lowest BCUT2D eigenvalue weighted by atomic mass is 10.1. The van der Waals surface area contributed by atoms with Crippen molar-refractivity contribution in [1.29, 1.82) is 0 Å². The van der Waals surface area contributed by atoms with Gasteiger partial charge in [0.1, 0.15) is 0 Å². The fourth-order valence-corrected chi connectivity index (χ4v) is 2.33. The summed E-state index contributed by atoms with van der Waals surface area (Å²) < 4.78 is 0. The summed E-state index contributed by atoms with van der Waals surface area (Å²) in [5, 5.41) is 3.97. The minimum atomic E-state index is -0.468. The first-order chi connectivity index (χ1) is 9.97. The van der Waals surface area contributed by atoms with Crippen molar-refractivity contribution in [3.05, 3.63) is 69.7 Å². The molecule has 0 radical (unpaired) electrons. The van der Waals surface area contributed by atoms with E-state index in [2.05, 4.69) is 43.4 Å². The number of hydrogen-bond acceptors (Lipinski definition) is 2. The molecule has 1 unspecified atom stereocenters. The molecule has 110 valence electrons. The molecule has 0 saturated carbocycles. The third-order valence-corrected chi connectivity index (χ3v) is 3.87. The van der Waals surface area contributed by atoms with E-state index < -0.39 is 5.91 Å². The lowest BCUT2D eigenvalue weighted by Gasteiger charge is -2.15. The number of aryl methyl sites for hydroxylation is 1. The molecule has 0 aromatic heterocycles. The molecule has 0 heterocycles. The van der Waals surface area contributed by atoms with E-state index in [-0.39, 0.29) is 6.04 Å². The molecule has 0 fully saturated rings. The van der Waals surface area contributed by atoms with E-state index in [0.29, 0.717) is 17.1 Å². The number of halogens is 1. The molecule has 0 aliphatic rings. The molecule has 0 spiro atoms. The highest BCUT2D eigenvalue weighted by atomic mass is 35.5. The second-order valence-electron chi connectivity index (χ2n) is 5.18. The fraction of sp³-hybridized carbons (Fsp3) is 0.235. The average Bonchev–Trinajstić information content (AvgIpc) is 2.46. The molecule has 3 N–H and O–H groups in total. The maximum absolute atomic E-state index is 11.1. The van der Waals surface area contributed by atoms with Crippen molar-refractivity contribution >= 4 is 17.5 Å². The van der Waals surface area contributed by atoms with E-state index in [1.54, 1.807) is 12.1 Å². The standard InChI is InChI=1S/C17H19ClN2O/c1-11-3-5-13(6-4-11)12(2)20-10-15-8-7-14(17(19)21)9-16(15)18/h3-9,12,20H,10H2,1-2H3,(H2,19,21). The van der Waals surface area contributed by atoms with E-state index in [0.717, 1.165) is 5.56 Å². The summed E-state index contributed by atoms with van der Waals surface area (Å²) in [7, 11) is 0. The van der Waals surface area contributed by atoms with Crippen LogP contribution in [0.15, 0.2) is 42.5 Å². The van der Waals surface area contributed by atoms with Crippen LogP contribution in [0.2, 0.25) is 5.02 Å². The first-order valence-corrected chi connectivity index (χ1v) is 7.23. The largest absolute Gasteiger partial charge is 0.366 e. The lowest BCUT2D eigenvalue weighted by molar-refractivity contribution is 0.100. The van der Waals surface area contributed by atoms with Gasteiger partial charge >= 0.3 is 0 Å². The maximum atomic E-state index is 11.1. The Balaban J connectivity index is 2.02. The summed E-state index contributed by atoms with van der Waals surface area (Å²) in [5.74, 6) is -0.468. The molecule has 2 aromatic rings. The van der Waals surface area contributed by atoms with Gasteiger partial charge in [0.05, 0.1) is 0 Å². The number of hydrogen-bond donors (Lipinski definition) is 2. The fourth-order valence-electron chi connectivity index (χ4n) is 2.08. The summed E-state index contributed by atoms with van der Waals surface area (Å²) in [4.78, 5) is 11.1. The number of nitrogens with one attached hydrogen (secondary N) is 1. The van der Waals surface area contributed by atoms with Crippen LogP contribution in [0, 0.1) is 6.92 Å². The molecule has 21 heavy (non-hydrogen) atoms. The van der Waals surface area contributed by atoms with Gasteiger partial charge < -0.3 is 11.1 Å². The summed E-state index contributed by atoms with van der Waals surface area (Å²) >= 11 is 6.18. The third-order valence-electron chi connectivity index (χ3n) is 3.51. The minimum absolute atomic E-state index is 0.220. The molecule has 1 amide bonds. The Bertz CT molecular complexity index is 638. The summed E-state index contributed by atoms with van der Waals surface area (Å²) in [6.45, 7) is 4.81. The van der Waals surface area contributed by atoms with Crippen LogP contribution in [-0.2, 0) is 6.54 Å². The first kappa shape index (κ1) is 15.5. The van der Waals surface area contributed by atoms with Crippen LogP contribution in [-0.4, -0.2) is 5.91 Å². The normalized spacial score (nSPS) is 12.1. The van der Waals surface area contributed by atoms with Crippen molar-refractivity contribution in [3.8, 4) is 0 Å². The van der Waals surface area contributed by atoms with E-state index in [4.69, 9.17) is 17.3 Å². The van der Waals surface area contributed by atoms with Crippen molar-refractivity contribution < 1.29 is 4.79 Å². The second-order valence-corrected chi connectivity index (χ2v) is 5.59. The Morgan fingerprint density at radius 2 is 1.90 bits per heavy atom. The Labute approximate surface area is 130 Å². The van der Waals surface area contributed by atoms with Gasteiger partial charge in [0.2, 0.25) is 5.91 Å². The van der Waals surface area contributed by atoms with Gasteiger partial charge in [-0.25, -0.2) is 0 Å². The van der Waals surface area contributed by atoms with Crippen LogP contribution in [0.5, 0.6) is 0 Å². The highest BCUT2D eigenvalue weighted by molar-refractivity contribution is 6.31. The Morgan fingerprint density at radius 3 is 2.48 bits per heavy atom. The van der Waals surface area contributed by atoms with E-state index in [9.17, 15) is 4.79 Å². The van der Waals surface area contributed by atoms with Gasteiger partial charge in [0.15, 0.2) is 0 Å². The van der Waals surface area contributed by atoms with Gasteiger partial charge in [0.25, 0.3) is 0 Å². The Kier molecular flexibility index (Phi) is 4.99. The molecule has 1 atom stereocenters. The molecular weight excluding hydrogens is 284 g/mol. The van der Waals surface area contributed by atoms with Crippen molar-refractivity contribution in [2.75, 3.05) is 0 Å². The van der Waals surface area contributed by atoms with Gasteiger partial charge in [-0.1, -0.05) is 47.5 Å². The van der Waals surface area contributed by atoms with E-state index in [1.807, 2.05) is 6.07 Å². The maximum Gasteiger partial charge on any atom is 0.248 e. The smallest absolute Gasteiger partial charge is 0.248 e. The van der Waals surface area contributed by atoms with Crippen molar-refractivity contribution in [1.82, 2.24) is 5.32 Å². The highest BCUT2D eigenvalue weighted by Crippen LogP contribution is 2.19. The van der Waals surface area contributed by atoms with Crippen molar-refractivity contribution in [3.63, 3.8) is 0 Å². The van der Waals surface area contributed by atoms with Crippen LogP contribution in [0.3, 0.4) is 0 Å². The number of amides is 1. The van der Waals surface area contributed by atoms with Crippen LogP contribution in [0.1, 0.15) is 40.0 Å². The number of nitrogens with two attached hydrogens (primary N) is 1. The minimum Gasteiger partial charge on any atom is -0.366 e. The highest BCUT2D eigenvalue weighted by Gasteiger charge is 2.08. The van der Waals surface area contributed by atoms with E-state index >= 15 is 0 Å². The molecular formula is C17H19ClN2O. The van der Waals surface area contributed by atoms with Gasteiger partial charge in [-0.05, 0) is 37.1 Å². The van der Waals surface area contributed by atoms with Gasteiger partial charge in [-0.2, -0.15) is 0 Å². The molecule has 0 aliphatic heterocycles. The Morgan fingerprint density at radius 1 is 1.24 bits per heavy atom.